The summed E-state index contributed by atoms with van der Waals surface area (Å²) in [7, 11) is 0. The maximum atomic E-state index is 12.4. The molecule has 1 fully saturated rings. The van der Waals surface area contributed by atoms with Gasteiger partial charge in [0.15, 0.2) is 5.13 Å². The van der Waals surface area contributed by atoms with Gasteiger partial charge in [0.2, 0.25) is 5.91 Å². The van der Waals surface area contributed by atoms with Crippen molar-refractivity contribution in [3.05, 3.63) is 46.3 Å². The molecule has 11 heteroatoms. The van der Waals surface area contributed by atoms with Crippen LogP contribution in [0.3, 0.4) is 0 Å². The van der Waals surface area contributed by atoms with Crippen molar-refractivity contribution in [3.63, 3.8) is 0 Å². The number of amides is 1. The second kappa shape index (κ2) is 8.61. The molecule has 3 aromatic heterocycles. The summed E-state index contributed by atoms with van der Waals surface area (Å²) in [4.78, 5) is 32.1. The third-order valence-corrected chi connectivity index (χ3v) is 6.77. The first kappa shape index (κ1) is 19.9. The standard InChI is InChI=1S/C20H19N5O4S2/c26-17(5-6-25-20(27)29-18(23-25)15-2-1-11-30-15)21-13-3-4-14-16(12-13)31-19(22-14)24-7-9-28-10-8-24/h1-4,11-12H,5-10H2,(H,21,26). The second-order valence-corrected chi connectivity index (χ2v) is 8.91. The van der Waals surface area contributed by atoms with E-state index in [-0.39, 0.29) is 24.8 Å². The number of anilines is 2. The van der Waals surface area contributed by atoms with E-state index in [2.05, 4.69) is 20.3 Å². The summed E-state index contributed by atoms with van der Waals surface area (Å²) in [6, 6.07) is 9.34. The van der Waals surface area contributed by atoms with Crippen molar-refractivity contribution in [3.8, 4) is 10.8 Å². The number of carbonyl (C=O) groups is 1. The number of thiazole rings is 1. The minimum atomic E-state index is -0.571. The Labute approximate surface area is 184 Å². The number of aromatic nitrogens is 3. The van der Waals surface area contributed by atoms with Crippen LogP contribution in [-0.4, -0.2) is 47.0 Å². The number of nitrogens with one attached hydrogen (secondary N) is 1. The number of benzene rings is 1. The van der Waals surface area contributed by atoms with E-state index in [9.17, 15) is 9.59 Å². The van der Waals surface area contributed by atoms with Crippen LogP contribution in [0.15, 0.2) is 44.9 Å². The van der Waals surface area contributed by atoms with Crippen molar-refractivity contribution in [2.24, 2.45) is 0 Å². The predicted molar refractivity (Wildman–Crippen MR) is 120 cm³/mol. The average molecular weight is 458 g/mol. The Balaban J connectivity index is 1.22. The lowest BCUT2D eigenvalue weighted by atomic mass is 10.3. The zero-order valence-corrected chi connectivity index (χ0v) is 18.1. The van der Waals surface area contributed by atoms with Crippen molar-refractivity contribution >= 4 is 49.6 Å². The van der Waals surface area contributed by atoms with Gasteiger partial charge in [0.05, 0.1) is 34.9 Å². The Bertz CT molecular complexity index is 1250. The molecule has 9 nitrogen and oxygen atoms in total. The van der Waals surface area contributed by atoms with Gasteiger partial charge in [0, 0.05) is 25.2 Å². The Morgan fingerprint density at radius 1 is 1.23 bits per heavy atom. The van der Waals surface area contributed by atoms with E-state index in [1.807, 2.05) is 35.7 Å². The second-order valence-electron chi connectivity index (χ2n) is 6.95. The van der Waals surface area contributed by atoms with Crippen LogP contribution < -0.4 is 16.0 Å². The summed E-state index contributed by atoms with van der Waals surface area (Å²) >= 11 is 3.03. The SMILES string of the molecule is O=C(CCn1nc(-c2cccs2)oc1=O)Nc1ccc2nc(N3CCOCC3)sc2c1. The first-order valence-electron chi connectivity index (χ1n) is 9.81. The first-order chi connectivity index (χ1) is 15.2. The van der Waals surface area contributed by atoms with Gasteiger partial charge in [-0.25, -0.2) is 9.78 Å². The van der Waals surface area contributed by atoms with Crippen LogP contribution in [0, 0.1) is 0 Å². The quantitative estimate of drug-likeness (QED) is 0.475. The average Bonchev–Trinajstić information content (AvgIpc) is 3.52. The molecule has 4 aromatic rings. The predicted octanol–water partition coefficient (Wildman–Crippen LogP) is 3.04. The lowest BCUT2D eigenvalue weighted by Crippen LogP contribution is -2.36. The van der Waals surface area contributed by atoms with Crippen molar-refractivity contribution in [2.45, 2.75) is 13.0 Å². The fourth-order valence-corrected chi connectivity index (χ4v) is 4.96. The fourth-order valence-electron chi connectivity index (χ4n) is 3.26. The van der Waals surface area contributed by atoms with E-state index in [1.165, 1.54) is 16.0 Å². The summed E-state index contributed by atoms with van der Waals surface area (Å²) in [6.45, 7) is 3.23. The maximum Gasteiger partial charge on any atom is 0.437 e. The minimum Gasteiger partial charge on any atom is -0.387 e. The molecule has 31 heavy (non-hydrogen) atoms. The normalized spacial score (nSPS) is 14.3. The number of hydrogen-bond acceptors (Lipinski definition) is 9. The van der Waals surface area contributed by atoms with Gasteiger partial charge in [-0.15, -0.1) is 16.4 Å². The first-order valence-corrected chi connectivity index (χ1v) is 11.5. The Morgan fingerprint density at radius 2 is 2.10 bits per heavy atom. The molecule has 0 atom stereocenters. The van der Waals surface area contributed by atoms with Gasteiger partial charge in [-0.3, -0.25) is 4.79 Å². The molecule has 1 aromatic carbocycles. The van der Waals surface area contributed by atoms with Gasteiger partial charge < -0.3 is 19.4 Å². The Hall–Kier alpha value is -3.02. The minimum absolute atomic E-state index is 0.107. The molecular weight excluding hydrogens is 438 g/mol. The number of thiophene rings is 1. The van der Waals surface area contributed by atoms with E-state index in [4.69, 9.17) is 9.15 Å². The van der Waals surface area contributed by atoms with E-state index >= 15 is 0 Å². The van der Waals surface area contributed by atoms with Crippen LogP contribution in [0.25, 0.3) is 21.0 Å². The van der Waals surface area contributed by atoms with E-state index < -0.39 is 5.76 Å². The zero-order chi connectivity index (χ0) is 21.2. The van der Waals surface area contributed by atoms with Crippen molar-refractivity contribution in [2.75, 3.05) is 36.5 Å². The summed E-state index contributed by atoms with van der Waals surface area (Å²) in [5, 5.41) is 9.90. The van der Waals surface area contributed by atoms with Crippen molar-refractivity contribution in [1.82, 2.24) is 14.8 Å². The Kier molecular flexibility index (Phi) is 5.53. The van der Waals surface area contributed by atoms with E-state index in [1.54, 1.807) is 11.3 Å². The number of ether oxygens (including phenoxy) is 1. The molecule has 0 radical (unpaired) electrons. The van der Waals surface area contributed by atoms with Crippen molar-refractivity contribution in [1.29, 1.82) is 0 Å². The smallest absolute Gasteiger partial charge is 0.387 e. The number of morpholine rings is 1. The van der Waals surface area contributed by atoms with E-state index in [0.29, 0.717) is 18.9 Å². The number of fused-ring (bicyclic) bond motifs is 1. The summed E-state index contributed by atoms with van der Waals surface area (Å²) in [6.07, 6.45) is 0.107. The molecule has 1 aliphatic rings. The summed E-state index contributed by atoms with van der Waals surface area (Å²) in [5.41, 5.74) is 1.60. The molecule has 0 saturated carbocycles. The van der Waals surface area contributed by atoms with Gasteiger partial charge in [-0.05, 0) is 29.6 Å². The van der Waals surface area contributed by atoms with Crippen molar-refractivity contribution < 1.29 is 13.9 Å². The lowest BCUT2D eigenvalue weighted by molar-refractivity contribution is -0.116. The highest BCUT2D eigenvalue weighted by molar-refractivity contribution is 7.22. The zero-order valence-electron chi connectivity index (χ0n) is 16.4. The summed E-state index contributed by atoms with van der Waals surface area (Å²) in [5.74, 6) is -0.505. The molecule has 0 aliphatic carbocycles. The highest BCUT2D eigenvalue weighted by Gasteiger charge is 2.16. The largest absolute Gasteiger partial charge is 0.437 e. The van der Waals surface area contributed by atoms with E-state index in [0.717, 1.165) is 33.3 Å². The van der Waals surface area contributed by atoms with Crippen LogP contribution in [0.2, 0.25) is 0 Å². The number of carbonyl (C=O) groups excluding carboxylic acids is 1. The van der Waals surface area contributed by atoms with Gasteiger partial charge in [0.25, 0.3) is 5.89 Å². The molecule has 1 saturated heterocycles. The molecule has 160 valence electrons. The fraction of sp³-hybridized carbons (Fsp3) is 0.300. The molecule has 1 N–H and O–H groups in total. The monoisotopic (exact) mass is 457 g/mol. The van der Waals surface area contributed by atoms with Crippen LogP contribution >= 0.6 is 22.7 Å². The highest BCUT2D eigenvalue weighted by Crippen LogP contribution is 2.31. The van der Waals surface area contributed by atoms with Crippen LogP contribution in [-0.2, 0) is 16.1 Å². The summed E-state index contributed by atoms with van der Waals surface area (Å²) < 4.78 is 12.7. The number of rotatable bonds is 6. The molecule has 1 amide bonds. The van der Waals surface area contributed by atoms with Crippen LogP contribution in [0.5, 0.6) is 0 Å². The molecule has 5 rings (SSSR count). The van der Waals surface area contributed by atoms with Crippen LogP contribution in [0.4, 0.5) is 10.8 Å². The third kappa shape index (κ3) is 4.38. The number of nitrogens with zero attached hydrogens (tertiary/aromatic N) is 4. The third-order valence-electron chi connectivity index (χ3n) is 4.83. The number of aryl methyl sites for hydroxylation is 1. The maximum absolute atomic E-state index is 12.4. The van der Waals surface area contributed by atoms with Gasteiger partial charge >= 0.3 is 5.76 Å². The van der Waals surface area contributed by atoms with Gasteiger partial charge in [-0.2, -0.15) is 4.68 Å². The molecule has 0 unspecified atom stereocenters. The molecule has 0 spiro atoms. The van der Waals surface area contributed by atoms with Gasteiger partial charge in [-0.1, -0.05) is 17.4 Å². The molecule has 1 aliphatic heterocycles. The topological polar surface area (TPSA) is 102 Å². The molecule has 4 heterocycles. The lowest BCUT2D eigenvalue weighted by Gasteiger charge is -2.25. The van der Waals surface area contributed by atoms with Crippen LogP contribution in [0.1, 0.15) is 6.42 Å². The Morgan fingerprint density at radius 3 is 2.90 bits per heavy atom. The highest BCUT2D eigenvalue weighted by atomic mass is 32.1. The number of hydrogen-bond donors (Lipinski definition) is 1. The molecular formula is C20H19N5O4S2. The van der Waals surface area contributed by atoms with Gasteiger partial charge in [0.1, 0.15) is 0 Å². The molecule has 0 bridgehead atoms.